The van der Waals surface area contributed by atoms with E-state index in [1.165, 1.54) is 0 Å². The van der Waals surface area contributed by atoms with Crippen molar-refractivity contribution < 1.29 is 18.8 Å². The second-order valence-electron chi connectivity index (χ2n) is 7.32. The lowest BCUT2D eigenvalue weighted by atomic mass is 10.1. The second-order valence-corrected chi connectivity index (χ2v) is 7.32. The van der Waals surface area contributed by atoms with Gasteiger partial charge in [-0.1, -0.05) is 35.5 Å². The molecular weight excluding hydrogens is 382 g/mol. The summed E-state index contributed by atoms with van der Waals surface area (Å²) >= 11 is 0. The Balaban J connectivity index is 1.36. The summed E-state index contributed by atoms with van der Waals surface area (Å²) in [6.45, 7) is 2.40. The Morgan fingerprint density at radius 2 is 2.00 bits per heavy atom. The third-order valence-corrected chi connectivity index (χ3v) is 4.98. The number of ether oxygens (including phenoxy) is 2. The van der Waals surface area contributed by atoms with Crippen molar-refractivity contribution in [1.29, 1.82) is 0 Å². The van der Waals surface area contributed by atoms with Crippen molar-refractivity contribution >= 4 is 5.91 Å². The lowest BCUT2D eigenvalue weighted by Crippen LogP contribution is -2.26. The van der Waals surface area contributed by atoms with Gasteiger partial charge in [-0.15, -0.1) is 0 Å². The van der Waals surface area contributed by atoms with Crippen molar-refractivity contribution in [2.24, 2.45) is 0 Å². The van der Waals surface area contributed by atoms with E-state index in [4.69, 9.17) is 14.0 Å². The lowest BCUT2D eigenvalue weighted by molar-refractivity contribution is -0.130. The van der Waals surface area contributed by atoms with E-state index < -0.39 is 0 Å². The van der Waals surface area contributed by atoms with Crippen molar-refractivity contribution in [3.05, 3.63) is 65.5 Å². The number of carbonyl (C=O) groups excluding carboxylic acids is 1. The molecule has 7 nitrogen and oxygen atoms in total. The monoisotopic (exact) mass is 407 g/mol. The number of hydrogen-bond donors (Lipinski definition) is 0. The van der Waals surface area contributed by atoms with Crippen LogP contribution in [0.15, 0.2) is 53.1 Å². The van der Waals surface area contributed by atoms with Crippen molar-refractivity contribution in [3.63, 3.8) is 0 Å². The van der Waals surface area contributed by atoms with Gasteiger partial charge in [0.1, 0.15) is 5.75 Å². The van der Waals surface area contributed by atoms with Gasteiger partial charge in [0, 0.05) is 44.0 Å². The molecule has 3 aromatic rings. The average molecular weight is 407 g/mol. The molecule has 7 heteroatoms. The summed E-state index contributed by atoms with van der Waals surface area (Å²) in [6.07, 6.45) is 1.60. The van der Waals surface area contributed by atoms with Gasteiger partial charge in [-0.25, -0.2) is 0 Å². The number of rotatable bonds is 6. The van der Waals surface area contributed by atoms with E-state index in [1.807, 2.05) is 48.5 Å². The van der Waals surface area contributed by atoms with Gasteiger partial charge in [-0.3, -0.25) is 4.79 Å². The highest BCUT2D eigenvalue weighted by Gasteiger charge is 2.15. The molecule has 0 radical (unpaired) electrons. The molecule has 0 aliphatic carbocycles. The third-order valence-electron chi connectivity index (χ3n) is 4.98. The third kappa shape index (κ3) is 5.04. The molecule has 30 heavy (non-hydrogen) atoms. The number of amides is 1. The summed E-state index contributed by atoms with van der Waals surface area (Å²) in [4.78, 5) is 18.6. The highest BCUT2D eigenvalue weighted by atomic mass is 16.5. The van der Waals surface area contributed by atoms with Crippen LogP contribution in [0.1, 0.15) is 29.9 Å². The summed E-state index contributed by atoms with van der Waals surface area (Å²) in [5.74, 6) is 1.81. The van der Waals surface area contributed by atoms with Crippen molar-refractivity contribution in [1.82, 2.24) is 15.0 Å². The minimum atomic E-state index is 0.0361. The summed E-state index contributed by atoms with van der Waals surface area (Å²) in [5.41, 5.74) is 2.90. The summed E-state index contributed by atoms with van der Waals surface area (Å²) in [5, 5.41) is 4.08. The predicted molar refractivity (Wildman–Crippen MR) is 111 cm³/mol. The Labute approximate surface area is 175 Å². The van der Waals surface area contributed by atoms with Crippen LogP contribution < -0.4 is 4.74 Å². The molecule has 2 aromatic carbocycles. The van der Waals surface area contributed by atoms with Gasteiger partial charge in [0.25, 0.3) is 0 Å². The van der Waals surface area contributed by atoms with Crippen molar-refractivity contribution in [3.8, 4) is 17.1 Å². The predicted octanol–water partition coefficient (Wildman–Crippen LogP) is 3.63. The quantitative estimate of drug-likeness (QED) is 0.621. The van der Waals surface area contributed by atoms with Crippen LogP contribution in [-0.4, -0.2) is 41.2 Å². The highest BCUT2D eigenvalue weighted by molar-refractivity contribution is 5.76. The van der Waals surface area contributed by atoms with Crippen LogP contribution in [0.5, 0.6) is 5.75 Å². The topological polar surface area (TPSA) is 77.7 Å². The summed E-state index contributed by atoms with van der Waals surface area (Å²) in [6, 6.07) is 15.7. The minimum absolute atomic E-state index is 0.0361. The maximum absolute atomic E-state index is 12.4. The number of nitrogens with zero attached hydrogens (tertiary/aromatic N) is 3. The largest absolute Gasteiger partial charge is 0.493 e. The minimum Gasteiger partial charge on any atom is -0.493 e. The molecule has 0 unspecified atom stereocenters. The zero-order valence-corrected chi connectivity index (χ0v) is 17.0. The van der Waals surface area contributed by atoms with E-state index in [1.54, 1.807) is 11.9 Å². The van der Waals surface area contributed by atoms with E-state index in [-0.39, 0.29) is 5.91 Å². The second kappa shape index (κ2) is 9.54. The standard InChI is InChI=1S/C23H25N3O4/c1-26(15-17-6-3-2-4-7-17)22(27)11-10-21-24-23(25-30-21)18-8-9-20-19(14-18)16-28-12-5-13-29-20/h2-4,6-9,14H,5,10-13,15-16H2,1H3. The molecule has 1 aromatic heterocycles. The first-order chi connectivity index (χ1) is 14.7. The van der Waals surface area contributed by atoms with Crippen LogP contribution >= 0.6 is 0 Å². The van der Waals surface area contributed by atoms with E-state index in [2.05, 4.69) is 10.1 Å². The molecule has 0 fully saturated rings. The fourth-order valence-electron chi connectivity index (χ4n) is 3.32. The maximum Gasteiger partial charge on any atom is 0.227 e. The Bertz CT molecular complexity index is 987. The average Bonchev–Trinajstić information content (AvgIpc) is 3.22. The first kappa shape index (κ1) is 20.1. The Morgan fingerprint density at radius 1 is 1.13 bits per heavy atom. The van der Waals surface area contributed by atoms with E-state index in [0.29, 0.717) is 50.9 Å². The number of fused-ring (bicyclic) bond motifs is 1. The van der Waals surface area contributed by atoms with Crippen molar-refractivity contribution in [2.45, 2.75) is 32.4 Å². The molecule has 0 N–H and O–H groups in total. The van der Waals surface area contributed by atoms with Gasteiger partial charge in [-0.2, -0.15) is 4.98 Å². The summed E-state index contributed by atoms with van der Waals surface area (Å²) in [7, 11) is 1.80. The normalized spacial score (nSPS) is 13.6. The van der Waals surface area contributed by atoms with Gasteiger partial charge in [0.15, 0.2) is 0 Å². The van der Waals surface area contributed by atoms with Gasteiger partial charge in [-0.05, 0) is 23.8 Å². The number of aryl methyl sites for hydroxylation is 1. The fourth-order valence-corrected chi connectivity index (χ4v) is 3.32. The molecule has 0 atom stereocenters. The Hall–Kier alpha value is -3.19. The first-order valence-electron chi connectivity index (χ1n) is 10.1. The number of aromatic nitrogens is 2. The number of benzene rings is 2. The van der Waals surface area contributed by atoms with Crippen LogP contribution in [0.4, 0.5) is 0 Å². The molecule has 2 heterocycles. The maximum atomic E-state index is 12.4. The molecule has 4 rings (SSSR count). The molecule has 0 bridgehead atoms. The van der Waals surface area contributed by atoms with Gasteiger partial charge >= 0.3 is 0 Å². The van der Waals surface area contributed by atoms with Gasteiger partial charge in [0.2, 0.25) is 17.6 Å². The first-order valence-corrected chi connectivity index (χ1v) is 10.1. The van der Waals surface area contributed by atoms with Crippen LogP contribution in [0.25, 0.3) is 11.4 Å². The fraction of sp³-hybridized carbons (Fsp3) is 0.348. The lowest BCUT2D eigenvalue weighted by Gasteiger charge is -2.16. The Morgan fingerprint density at radius 3 is 2.87 bits per heavy atom. The molecule has 1 aliphatic heterocycles. The molecule has 1 amide bonds. The Kier molecular flexibility index (Phi) is 6.39. The van der Waals surface area contributed by atoms with Gasteiger partial charge < -0.3 is 18.9 Å². The zero-order chi connectivity index (χ0) is 20.8. The van der Waals surface area contributed by atoms with Crippen LogP contribution in [0.3, 0.4) is 0 Å². The smallest absolute Gasteiger partial charge is 0.227 e. The van der Waals surface area contributed by atoms with Crippen molar-refractivity contribution in [2.75, 3.05) is 20.3 Å². The molecule has 0 saturated heterocycles. The molecule has 0 spiro atoms. The van der Waals surface area contributed by atoms with Crippen LogP contribution in [-0.2, 0) is 29.1 Å². The molecular formula is C23H25N3O4. The molecule has 0 saturated carbocycles. The number of carbonyl (C=O) groups is 1. The SMILES string of the molecule is CN(Cc1ccccc1)C(=O)CCc1nc(-c2ccc3c(c2)COCCCO3)no1. The van der Waals surface area contributed by atoms with Crippen LogP contribution in [0, 0.1) is 0 Å². The molecule has 156 valence electrons. The summed E-state index contributed by atoms with van der Waals surface area (Å²) < 4.78 is 16.8. The van der Waals surface area contributed by atoms with E-state index in [9.17, 15) is 4.79 Å². The highest BCUT2D eigenvalue weighted by Crippen LogP contribution is 2.27. The van der Waals surface area contributed by atoms with Crippen LogP contribution in [0.2, 0.25) is 0 Å². The van der Waals surface area contributed by atoms with E-state index in [0.717, 1.165) is 28.9 Å². The zero-order valence-electron chi connectivity index (χ0n) is 17.0. The molecule has 1 aliphatic rings. The van der Waals surface area contributed by atoms with E-state index >= 15 is 0 Å². The van der Waals surface area contributed by atoms with Gasteiger partial charge in [0.05, 0.1) is 19.8 Å². The number of hydrogen-bond acceptors (Lipinski definition) is 6.